The van der Waals surface area contributed by atoms with E-state index in [1.165, 1.54) is 0 Å². The van der Waals surface area contributed by atoms with Crippen LogP contribution in [0.3, 0.4) is 0 Å². The zero-order valence-corrected chi connectivity index (χ0v) is 6.73. The summed E-state index contributed by atoms with van der Waals surface area (Å²) in [5, 5.41) is 14.6. The molecule has 60 valence electrons. The Morgan fingerprint density at radius 2 is 2.50 bits per heavy atom. The van der Waals surface area contributed by atoms with Crippen LogP contribution in [0.1, 0.15) is 6.92 Å². The SMILES string of the molecule is CC1=NN2C(=NCC2C#N)C=C1. The van der Waals surface area contributed by atoms with Crippen molar-refractivity contribution >= 4 is 11.5 Å². The molecule has 0 radical (unpaired) electrons. The van der Waals surface area contributed by atoms with Gasteiger partial charge in [-0.15, -0.1) is 0 Å². The van der Waals surface area contributed by atoms with E-state index >= 15 is 0 Å². The molecule has 0 N–H and O–H groups in total. The second-order valence-electron chi connectivity index (χ2n) is 2.76. The van der Waals surface area contributed by atoms with Gasteiger partial charge in [-0.3, -0.25) is 4.99 Å². The maximum absolute atomic E-state index is 8.73. The van der Waals surface area contributed by atoms with Crippen LogP contribution in [-0.2, 0) is 0 Å². The summed E-state index contributed by atoms with van der Waals surface area (Å²) in [6.07, 6.45) is 3.79. The summed E-state index contributed by atoms with van der Waals surface area (Å²) >= 11 is 0. The first-order valence-electron chi connectivity index (χ1n) is 3.78. The molecule has 0 aromatic rings. The van der Waals surface area contributed by atoms with Crippen LogP contribution in [0.15, 0.2) is 22.2 Å². The normalized spacial score (nSPS) is 26.0. The number of hydrogen-bond acceptors (Lipinski definition) is 4. The van der Waals surface area contributed by atoms with Crippen molar-refractivity contribution in [2.75, 3.05) is 6.54 Å². The number of fused-ring (bicyclic) bond motifs is 1. The highest BCUT2D eigenvalue weighted by Crippen LogP contribution is 2.14. The van der Waals surface area contributed by atoms with E-state index in [0.717, 1.165) is 11.5 Å². The predicted molar refractivity (Wildman–Crippen MR) is 45.8 cm³/mol. The molecule has 4 heteroatoms. The highest BCUT2D eigenvalue weighted by molar-refractivity contribution is 6.05. The molecule has 1 unspecified atom stereocenters. The minimum atomic E-state index is -0.208. The molecule has 0 saturated carbocycles. The molecule has 0 aromatic carbocycles. The maximum Gasteiger partial charge on any atom is 0.160 e. The average Bonchev–Trinajstić information content (AvgIpc) is 2.46. The fourth-order valence-electron chi connectivity index (χ4n) is 1.23. The number of allylic oxidation sites excluding steroid dienone is 1. The molecule has 0 aliphatic carbocycles. The largest absolute Gasteiger partial charge is 0.264 e. The van der Waals surface area contributed by atoms with E-state index in [1.807, 2.05) is 19.1 Å². The van der Waals surface area contributed by atoms with Crippen molar-refractivity contribution in [3.8, 4) is 6.07 Å². The van der Waals surface area contributed by atoms with E-state index in [1.54, 1.807) is 5.01 Å². The standard InChI is InChI=1S/C8H8N4/c1-6-2-3-8-10-5-7(4-9)12(8)11-6/h2-3,7H,5H2,1H3. The molecule has 0 fully saturated rings. The summed E-state index contributed by atoms with van der Waals surface area (Å²) in [6, 6.07) is 1.95. The lowest BCUT2D eigenvalue weighted by Gasteiger charge is -2.18. The van der Waals surface area contributed by atoms with E-state index in [4.69, 9.17) is 5.26 Å². The Hall–Kier alpha value is -1.63. The fourth-order valence-corrected chi connectivity index (χ4v) is 1.23. The van der Waals surface area contributed by atoms with Crippen molar-refractivity contribution in [1.29, 1.82) is 5.26 Å². The summed E-state index contributed by atoms with van der Waals surface area (Å²) in [5.41, 5.74) is 0.913. The molecule has 2 rings (SSSR count). The van der Waals surface area contributed by atoms with Gasteiger partial charge in [0.2, 0.25) is 0 Å². The van der Waals surface area contributed by atoms with Crippen LogP contribution >= 0.6 is 0 Å². The van der Waals surface area contributed by atoms with E-state index in [9.17, 15) is 0 Å². The first-order valence-corrected chi connectivity index (χ1v) is 3.78. The molecule has 4 nitrogen and oxygen atoms in total. The number of hydrogen-bond donors (Lipinski definition) is 0. The van der Waals surface area contributed by atoms with Crippen LogP contribution in [0.4, 0.5) is 0 Å². The van der Waals surface area contributed by atoms with Gasteiger partial charge in [0.1, 0.15) is 5.84 Å². The molecule has 2 aliphatic rings. The van der Waals surface area contributed by atoms with Crippen LogP contribution < -0.4 is 0 Å². The second-order valence-corrected chi connectivity index (χ2v) is 2.76. The molecule has 0 bridgehead atoms. The van der Waals surface area contributed by atoms with Crippen molar-refractivity contribution < 1.29 is 0 Å². The zero-order chi connectivity index (χ0) is 8.55. The van der Waals surface area contributed by atoms with Crippen LogP contribution in [-0.4, -0.2) is 29.1 Å². The van der Waals surface area contributed by atoms with E-state index in [2.05, 4.69) is 16.2 Å². The number of nitrogens with zero attached hydrogens (tertiary/aromatic N) is 4. The number of nitriles is 1. The maximum atomic E-state index is 8.73. The molecule has 0 saturated heterocycles. The Morgan fingerprint density at radius 3 is 3.25 bits per heavy atom. The quantitative estimate of drug-likeness (QED) is 0.519. The van der Waals surface area contributed by atoms with E-state index in [-0.39, 0.29) is 6.04 Å². The Balaban J connectivity index is 2.32. The van der Waals surface area contributed by atoms with Crippen molar-refractivity contribution in [3.63, 3.8) is 0 Å². The van der Waals surface area contributed by atoms with E-state index in [0.29, 0.717) is 6.54 Å². The van der Waals surface area contributed by atoms with Crippen LogP contribution in [0.5, 0.6) is 0 Å². The van der Waals surface area contributed by atoms with Gasteiger partial charge in [0.15, 0.2) is 6.04 Å². The molecule has 12 heavy (non-hydrogen) atoms. The van der Waals surface area contributed by atoms with Crippen LogP contribution in [0, 0.1) is 11.3 Å². The van der Waals surface area contributed by atoms with Crippen molar-refractivity contribution in [1.82, 2.24) is 5.01 Å². The molecule has 0 spiro atoms. The van der Waals surface area contributed by atoms with Gasteiger partial charge < -0.3 is 0 Å². The highest BCUT2D eigenvalue weighted by Gasteiger charge is 2.27. The van der Waals surface area contributed by atoms with Gasteiger partial charge in [0.25, 0.3) is 0 Å². The van der Waals surface area contributed by atoms with E-state index < -0.39 is 0 Å². The minimum absolute atomic E-state index is 0.208. The predicted octanol–water partition coefficient (Wildman–Crippen LogP) is 0.538. The fraction of sp³-hybridized carbons (Fsp3) is 0.375. The first kappa shape index (κ1) is 7.04. The van der Waals surface area contributed by atoms with Crippen LogP contribution in [0.25, 0.3) is 0 Å². The summed E-state index contributed by atoms with van der Waals surface area (Å²) in [5.74, 6) is 0.798. The van der Waals surface area contributed by atoms with Gasteiger partial charge in [-0.1, -0.05) is 0 Å². The summed E-state index contributed by atoms with van der Waals surface area (Å²) in [6.45, 7) is 2.44. The molecule has 2 heterocycles. The molecule has 0 aromatic heterocycles. The van der Waals surface area contributed by atoms with Gasteiger partial charge in [-0.2, -0.15) is 10.4 Å². The van der Waals surface area contributed by atoms with Crippen molar-refractivity contribution in [2.45, 2.75) is 13.0 Å². The number of hydrazone groups is 1. The number of rotatable bonds is 0. The van der Waals surface area contributed by atoms with Crippen LogP contribution in [0.2, 0.25) is 0 Å². The lowest BCUT2D eigenvalue weighted by atomic mass is 10.3. The molecule has 0 amide bonds. The lowest BCUT2D eigenvalue weighted by Crippen LogP contribution is -2.32. The summed E-state index contributed by atoms with van der Waals surface area (Å²) < 4.78 is 0. The highest BCUT2D eigenvalue weighted by atomic mass is 15.5. The molecule has 2 aliphatic heterocycles. The summed E-state index contributed by atoms with van der Waals surface area (Å²) in [7, 11) is 0. The summed E-state index contributed by atoms with van der Waals surface area (Å²) in [4.78, 5) is 4.17. The Labute approximate surface area is 70.5 Å². The smallest absolute Gasteiger partial charge is 0.160 e. The topological polar surface area (TPSA) is 51.8 Å². The molecular formula is C8H8N4. The number of aliphatic imine (C=N–C) groups is 1. The Morgan fingerprint density at radius 1 is 1.67 bits per heavy atom. The monoisotopic (exact) mass is 160 g/mol. The van der Waals surface area contributed by atoms with Gasteiger partial charge in [0, 0.05) is 0 Å². The Bertz CT molecular complexity index is 331. The van der Waals surface area contributed by atoms with Gasteiger partial charge in [0.05, 0.1) is 18.3 Å². The minimum Gasteiger partial charge on any atom is -0.264 e. The van der Waals surface area contributed by atoms with Gasteiger partial charge >= 0.3 is 0 Å². The third-order valence-corrected chi connectivity index (χ3v) is 1.84. The third kappa shape index (κ3) is 0.909. The first-order chi connectivity index (χ1) is 5.81. The molecule has 1 atom stereocenters. The average molecular weight is 160 g/mol. The van der Waals surface area contributed by atoms with Gasteiger partial charge in [-0.05, 0) is 19.1 Å². The number of amidine groups is 1. The Kier molecular flexibility index (Phi) is 1.44. The zero-order valence-electron chi connectivity index (χ0n) is 6.73. The molecular weight excluding hydrogens is 152 g/mol. The van der Waals surface area contributed by atoms with Gasteiger partial charge in [-0.25, -0.2) is 5.01 Å². The lowest BCUT2D eigenvalue weighted by molar-refractivity contribution is 0.422. The van der Waals surface area contributed by atoms with Crippen molar-refractivity contribution in [2.24, 2.45) is 10.1 Å². The second kappa shape index (κ2) is 2.45. The third-order valence-electron chi connectivity index (χ3n) is 1.84. The van der Waals surface area contributed by atoms with Crippen molar-refractivity contribution in [3.05, 3.63) is 12.2 Å².